The van der Waals surface area contributed by atoms with E-state index >= 15 is 0 Å². The third-order valence-corrected chi connectivity index (χ3v) is 24.1. The second-order valence-electron chi connectivity index (χ2n) is 29.7. The molecule has 12 rings (SSSR count). The molecule has 12 aliphatic rings. The molecule has 7 saturated heterocycles. The summed E-state index contributed by atoms with van der Waals surface area (Å²) < 4.78 is 131. The van der Waals surface area contributed by atoms with E-state index in [9.17, 15) is 20.1 Å². The molecule has 4 aliphatic carbocycles. The number of aliphatic hydroxyl groups excluding tert-OH is 2. The summed E-state index contributed by atoms with van der Waals surface area (Å²) in [4.78, 5) is 25.4. The highest BCUT2D eigenvalue weighted by atomic mass is 17.2. The van der Waals surface area contributed by atoms with E-state index in [0.29, 0.717) is 37.5 Å². The van der Waals surface area contributed by atoms with Crippen molar-refractivity contribution in [3.05, 3.63) is 23.5 Å². The minimum Gasteiger partial charge on any atom is -0.493 e. The zero-order valence-electron chi connectivity index (χ0n) is 58.9. The number of aliphatic hydroxyl groups is 3. The van der Waals surface area contributed by atoms with Gasteiger partial charge in [-0.25, -0.2) is 4.89 Å². The number of fused-ring (bicyclic) bond motifs is 6. The lowest BCUT2D eigenvalue weighted by molar-refractivity contribution is -0.489. The van der Waals surface area contributed by atoms with E-state index in [0.717, 1.165) is 44.9 Å². The Kier molecular flexibility index (Phi) is 23.0. The van der Waals surface area contributed by atoms with Gasteiger partial charge in [0.15, 0.2) is 43.3 Å². The van der Waals surface area contributed by atoms with Crippen molar-refractivity contribution < 1.29 is 129 Å². The molecule has 1 spiro atoms. The Morgan fingerprint density at radius 1 is 0.604 bits per heavy atom. The highest BCUT2D eigenvalue weighted by molar-refractivity contribution is 5.96. The van der Waals surface area contributed by atoms with Gasteiger partial charge in [0.25, 0.3) is 12.3 Å². The highest BCUT2D eigenvalue weighted by Crippen LogP contribution is 2.68. The number of carbonyl (C=O) groups excluding carboxylic acids is 1. The van der Waals surface area contributed by atoms with Crippen LogP contribution in [-0.4, -0.2) is 254 Å². The fourth-order valence-corrected chi connectivity index (χ4v) is 18.6. The standard InChI is InChI=1S/C69H110O27/c1-32-25-45(74-11)54(71)62(81-32)88-41-19-22-66(9)40(26-41)17-18-42-43(66)20-23-67(10)44(42)21-24-69(67,73)39(8)87-65-86-37(6)60-64(93-65)80-31-68(96-95-60)30-49(78-15)59(38(7)94-68)91-52-28-47(76-13)57(35(4)83-52)89-50-27-46(75-12)56(34(3)82-50)90-51-29-48(77-14)58(36(5)84-51)92-63-55(72)61(79-16)53(70)33(2)85-63/h17,25,32-39,41-44,46-53,55-65,70,72-73H,18-24,26-31H2,1-16H3. The summed E-state index contributed by atoms with van der Waals surface area (Å²) in [5.74, 6) is -0.269. The van der Waals surface area contributed by atoms with Gasteiger partial charge >= 0.3 is 0 Å². The van der Waals surface area contributed by atoms with E-state index in [4.69, 9.17) is 109 Å². The van der Waals surface area contributed by atoms with Crippen molar-refractivity contribution in [2.45, 2.75) is 330 Å². The monoisotopic (exact) mass is 1370 g/mol. The number of ketones is 1. The zero-order chi connectivity index (χ0) is 68.5. The molecule has 27 nitrogen and oxygen atoms in total. The minimum atomic E-state index is -1.42. The molecule has 0 aromatic heterocycles. The minimum absolute atomic E-state index is 0.00285. The summed E-state index contributed by atoms with van der Waals surface area (Å²) in [5.41, 5.74) is -0.175. The first kappa shape index (κ1) is 73.7. The molecular weight excluding hydrogens is 1260 g/mol. The molecule has 0 aromatic carbocycles. The van der Waals surface area contributed by atoms with Crippen molar-refractivity contribution in [3.8, 4) is 0 Å². The average molecular weight is 1370 g/mol. The molecule has 0 amide bonds. The SMILES string of the molecule is COC1=CC(C)OC(OC2CCC3(C)C(=CCC4C3CCC3(C)C4CCC3(O)C(C)OC3OC(C)C4OOC5(COC4O3)CC(OC)C(OC3CC(OC)C(OC4CC(OC)C(OC6CC(OC)C(OC7OC(C)C(O)C(OC)C7O)C(C)O6)C(C)O4)C(C)O3)C(C)O5)C2)C1=O. The van der Waals surface area contributed by atoms with Crippen molar-refractivity contribution in [1.29, 1.82) is 0 Å². The van der Waals surface area contributed by atoms with E-state index < -0.39 is 177 Å². The number of allylic oxidation sites excluding steroid dienone is 1. The predicted molar refractivity (Wildman–Crippen MR) is 332 cm³/mol. The molecule has 3 N–H and O–H groups in total. The second kappa shape index (κ2) is 30.0. The lowest BCUT2D eigenvalue weighted by Crippen LogP contribution is -2.61. The Hall–Kier alpha value is -2.05. The van der Waals surface area contributed by atoms with Crippen LogP contribution in [0.25, 0.3) is 0 Å². The summed E-state index contributed by atoms with van der Waals surface area (Å²) in [6, 6.07) is 0. The molecule has 96 heavy (non-hydrogen) atoms. The Bertz CT molecular complexity index is 2670. The highest BCUT2D eigenvalue weighted by Gasteiger charge is 2.67. The first-order valence-corrected chi connectivity index (χ1v) is 35.2. The smallest absolute Gasteiger partial charge is 0.274 e. The van der Waals surface area contributed by atoms with Gasteiger partial charge in [-0.15, -0.1) is 0 Å². The first-order valence-electron chi connectivity index (χ1n) is 35.2. The van der Waals surface area contributed by atoms with E-state index in [-0.39, 0.29) is 48.1 Å². The third-order valence-electron chi connectivity index (χ3n) is 24.1. The van der Waals surface area contributed by atoms with Crippen LogP contribution in [0.2, 0.25) is 0 Å². The predicted octanol–water partition coefficient (Wildman–Crippen LogP) is 5.70. The number of hydrogen-bond acceptors (Lipinski definition) is 27. The van der Waals surface area contributed by atoms with E-state index in [1.165, 1.54) is 19.8 Å². The Labute approximate surface area is 564 Å². The van der Waals surface area contributed by atoms with Crippen LogP contribution < -0.4 is 0 Å². The molecule has 8 aliphatic heterocycles. The molecule has 8 heterocycles. The largest absolute Gasteiger partial charge is 0.493 e. The van der Waals surface area contributed by atoms with Gasteiger partial charge in [0, 0.05) is 66.6 Å². The van der Waals surface area contributed by atoms with Crippen LogP contribution >= 0.6 is 0 Å². The molecule has 0 bridgehead atoms. The first-order chi connectivity index (χ1) is 45.8. The van der Waals surface area contributed by atoms with Gasteiger partial charge in [-0.3, -0.25) is 9.53 Å². The van der Waals surface area contributed by atoms with Gasteiger partial charge in [-0.05, 0) is 136 Å². The van der Waals surface area contributed by atoms with Crippen LogP contribution in [0.15, 0.2) is 23.5 Å². The van der Waals surface area contributed by atoms with Gasteiger partial charge in [0.05, 0.1) is 92.1 Å². The van der Waals surface area contributed by atoms with Crippen LogP contribution in [0.5, 0.6) is 0 Å². The second-order valence-corrected chi connectivity index (χ2v) is 29.7. The van der Waals surface area contributed by atoms with Crippen molar-refractivity contribution in [3.63, 3.8) is 0 Å². The molecule has 10 fully saturated rings. The molecular formula is C69H110O27. The summed E-state index contributed by atoms with van der Waals surface area (Å²) in [6.07, 6.45) is -6.01. The topological polar surface area (TPSA) is 290 Å². The summed E-state index contributed by atoms with van der Waals surface area (Å²) in [6.45, 7) is 18.3. The summed E-state index contributed by atoms with van der Waals surface area (Å²) in [7, 11) is 9.36. The average Bonchev–Trinajstić information content (AvgIpc) is 1.50. The lowest BCUT2D eigenvalue weighted by atomic mass is 9.46. The normalized spacial score (nSPS) is 51.8. The molecule has 0 radical (unpaired) electrons. The summed E-state index contributed by atoms with van der Waals surface area (Å²) in [5, 5.41) is 34.4. The van der Waals surface area contributed by atoms with Crippen LogP contribution in [0.1, 0.15) is 146 Å². The van der Waals surface area contributed by atoms with Crippen LogP contribution in [0.4, 0.5) is 0 Å². The number of rotatable bonds is 19. The Morgan fingerprint density at radius 3 is 1.79 bits per heavy atom. The van der Waals surface area contributed by atoms with Crippen molar-refractivity contribution >= 4 is 5.78 Å². The maximum atomic E-state index is 13.1. The van der Waals surface area contributed by atoms with Crippen LogP contribution in [0.3, 0.4) is 0 Å². The van der Waals surface area contributed by atoms with Gasteiger partial charge in [0.1, 0.15) is 49.3 Å². The number of methoxy groups -OCH3 is 6. The van der Waals surface area contributed by atoms with Crippen LogP contribution in [0, 0.1) is 28.6 Å². The molecule has 0 aromatic rings. The molecule has 35 unspecified atom stereocenters. The van der Waals surface area contributed by atoms with E-state index in [1.807, 2.05) is 48.5 Å². The van der Waals surface area contributed by atoms with E-state index in [2.05, 4.69) is 19.9 Å². The maximum Gasteiger partial charge on any atom is 0.274 e. The molecule has 35 atom stereocenters. The van der Waals surface area contributed by atoms with Crippen molar-refractivity contribution in [1.82, 2.24) is 0 Å². The van der Waals surface area contributed by atoms with Crippen LogP contribution in [-0.2, 0) is 114 Å². The quantitative estimate of drug-likeness (QED) is 0.103. The molecule has 3 saturated carbocycles. The summed E-state index contributed by atoms with van der Waals surface area (Å²) >= 11 is 0. The van der Waals surface area contributed by atoms with Gasteiger partial charge < -0.3 is 110 Å². The Balaban J connectivity index is 0.606. The van der Waals surface area contributed by atoms with Crippen molar-refractivity contribution in [2.24, 2.45) is 28.6 Å². The fraction of sp³-hybridized carbons (Fsp3) is 0.928. The maximum absolute atomic E-state index is 13.1. The number of hydrogen-bond donors (Lipinski definition) is 3. The van der Waals surface area contributed by atoms with Gasteiger partial charge in [-0.2, -0.15) is 4.89 Å². The molecule has 27 heteroatoms. The molecule has 548 valence electrons. The van der Waals surface area contributed by atoms with E-state index in [1.54, 1.807) is 41.4 Å². The van der Waals surface area contributed by atoms with Gasteiger partial charge in [0.2, 0.25) is 12.1 Å². The number of carbonyl (C=O) groups is 1. The number of ether oxygens (including phenoxy) is 21. The lowest BCUT2D eigenvalue weighted by Gasteiger charge is -2.59. The Morgan fingerprint density at radius 2 is 1.20 bits per heavy atom. The van der Waals surface area contributed by atoms with Gasteiger partial charge in [-0.1, -0.05) is 25.5 Å². The zero-order valence-corrected chi connectivity index (χ0v) is 58.9. The van der Waals surface area contributed by atoms with Crippen molar-refractivity contribution in [2.75, 3.05) is 49.3 Å². The fourth-order valence-electron chi connectivity index (χ4n) is 18.6. The third kappa shape index (κ3) is 14.1. The number of Topliss-reactive ketones (excluding diaryl/α,β-unsaturated/α-hetero) is 1.